The van der Waals surface area contributed by atoms with Crippen molar-refractivity contribution in [3.8, 4) is 0 Å². The second-order valence-corrected chi connectivity index (χ2v) is 5.23. The lowest BCUT2D eigenvalue weighted by molar-refractivity contribution is -0.144. The lowest BCUT2D eigenvalue weighted by atomic mass is 10.1. The average Bonchev–Trinajstić information content (AvgIpc) is 2.52. The third-order valence-corrected chi connectivity index (χ3v) is 3.57. The maximum atomic E-state index is 12.1. The number of carbonyl (C=O) groups is 1. The Morgan fingerprint density at radius 2 is 2.14 bits per heavy atom. The molecule has 0 saturated carbocycles. The molecular formula is C15H20ClNO4. The number of hydrogen-bond donors (Lipinski definition) is 0. The summed E-state index contributed by atoms with van der Waals surface area (Å²) in [4.78, 5) is 13.8. The van der Waals surface area contributed by atoms with E-state index in [1.54, 1.807) is 12.0 Å². The molecule has 5 nitrogen and oxygen atoms in total. The van der Waals surface area contributed by atoms with E-state index in [1.807, 2.05) is 24.3 Å². The van der Waals surface area contributed by atoms with Crippen molar-refractivity contribution in [2.45, 2.75) is 6.10 Å². The SMILES string of the molecule is COCCOCC(=O)N1CCO[C@H](c2ccc(Cl)cc2)C1. The molecule has 0 aromatic heterocycles. The molecule has 116 valence electrons. The number of benzene rings is 1. The minimum absolute atomic E-state index is 0.0200. The number of hydrogen-bond acceptors (Lipinski definition) is 4. The number of amides is 1. The van der Waals surface area contributed by atoms with Gasteiger partial charge in [0, 0.05) is 18.7 Å². The highest BCUT2D eigenvalue weighted by atomic mass is 35.5. The van der Waals surface area contributed by atoms with Crippen molar-refractivity contribution in [2.75, 3.05) is 46.6 Å². The summed E-state index contributed by atoms with van der Waals surface area (Å²) in [7, 11) is 1.60. The molecule has 0 bridgehead atoms. The lowest BCUT2D eigenvalue weighted by Crippen LogP contribution is -2.44. The van der Waals surface area contributed by atoms with Gasteiger partial charge in [-0.25, -0.2) is 0 Å². The van der Waals surface area contributed by atoms with Crippen LogP contribution in [0, 0.1) is 0 Å². The van der Waals surface area contributed by atoms with Crippen LogP contribution in [0.2, 0.25) is 5.02 Å². The summed E-state index contributed by atoms with van der Waals surface area (Å²) in [6.45, 7) is 2.65. The summed E-state index contributed by atoms with van der Waals surface area (Å²) in [5.41, 5.74) is 1.03. The van der Waals surface area contributed by atoms with Crippen molar-refractivity contribution in [3.63, 3.8) is 0 Å². The first kappa shape index (κ1) is 16.2. The number of methoxy groups -OCH3 is 1. The third kappa shape index (κ3) is 4.97. The molecule has 0 aliphatic carbocycles. The van der Waals surface area contributed by atoms with E-state index in [2.05, 4.69) is 0 Å². The molecule has 1 aromatic rings. The van der Waals surface area contributed by atoms with Gasteiger partial charge in [0.25, 0.3) is 0 Å². The van der Waals surface area contributed by atoms with Crippen molar-refractivity contribution in [1.29, 1.82) is 0 Å². The van der Waals surface area contributed by atoms with Gasteiger partial charge >= 0.3 is 0 Å². The first-order valence-corrected chi connectivity index (χ1v) is 7.30. The number of nitrogens with zero attached hydrogens (tertiary/aromatic N) is 1. The van der Waals surface area contributed by atoms with Crippen molar-refractivity contribution >= 4 is 17.5 Å². The summed E-state index contributed by atoms with van der Waals surface area (Å²) >= 11 is 5.88. The molecule has 0 spiro atoms. The molecule has 1 saturated heterocycles. The van der Waals surface area contributed by atoms with Crippen LogP contribution in [-0.2, 0) is 19.0 Å². The van der Waals surface area contributed by atoms with E-state index in [1.165, 1.54) is 0 Å². The zero-order valence-electron chi connectivity index (χ0n) is 12.1. The van der Waals surface area contributed by atoms with Gasteiger partial charge in [0.1, 0.15) is 12.7 Å². The molecule has 2 rings (SSSR count). The van der Waals surface area contributed by atoms with Gasteiger partial charge in [-0.3, -0.25) is 4.79 Å². The van der Waals surface area contributed by atoms with Gasteiger partial charge in [-0.05, 0) is 17.7 Å². The lowest BCUT2D eigenvalue weighted by Gasteiger charge is -2.33. The molecule has 1 amide bonds. The van der Waals surface area contributed by atoms with Crippen LogP contribution in [0.3, 0.4) is 0 Å². The van der Waals surface area contributed by atoms with E-state index in [4.69, 9.17) is 25.8 Å². The monoisotopic (exact) mass is 313 g/mol. The van der Waals surface area contributed by atoms with Crippen molar-refractivity contribution < 1.29 is 19.0 Å². The van der Waals surface area contributed by atoms with Crippen LogP contribution in [0.25, 0.3) is 0 Å². The highest BCUT2D eigenvalue weighted by Crippen LogP contribution is 2.23. The Morgan fingerprint density at radius 3 is 2.86 bits per heavy atom. The zero-order chi connectivity index (χ0) is 15.1. The largest absolute Gasteiger partial charge is 0.382 e. The number of morpholine rings is 1. The smallest absolute Gasteiger partial charge is 0.248 e. The Labute approximate surface area is 129 Å². The number of ether oxygens (including phenoxy) is 3. The van der Waals surface area contributed by atoms with E-state index < -0.39 is 0 Å². The summed E-state index contributed by atoms with van der Waals surface area (Å²) in [5.74, 6) is -0.0200. The molecule has 21 heavy (non-hydrogen) atoms. The maximum Gasteiger partial charge on any atom is 0.248 e. The molecule has 0 radical (unpaired) electrons. The zero-order valence-corrected chi connectivity index (χ0v) is 12.8. The van der Waals surface area contributed by atoms with Crippen molar-refractivity contribution in [1.82, 2.24) is 4.90 Å². The molecule has 1 fully saturated rings. The van der Waals surface area contributed by atoms with Gasteiger partial charge in [-0.15, -0.1) is 0 Å². The van der Waals surface area contributed by atoms with E-state index in [-0.39, 0.29) is 18.6 Å². The van der Waals surface area contributed by atoms with E-state index >= 15 is 0 Å². The van der Waals surface area contributed by atoms with Gasteiger partial charge in [0.2, 0.25) is 5.91 Å². The van der Waals surface area contributed by atoms with Gasteiger partial charge in [-0.2, -0.15) is 0 Å². The predicted octanol–water partition coefficient (Wildman–Crippen LogP) is 1.90. The van der Waals surface area contributed by atoms with Crippen LogP contribution in [0.15, 0.2) is 24.3 Å². The minimum atomic E-state index is -0.112. The van der Waals surface area contributed by atoms with E-state index in [9.17, 15) is 4.79 Å². The summed E-state index contributed by atoms with van der Waals surface area (Å²) in [5, 5.41) is 0.689. The van der Waals surface area contributed by atoms with E-state index in [0.717, 1.165) is 5.56 Å². The minimum Gasteiger partial charge on any atom is -0.382 e. The molecule has 0 unspecified atom stereocenters. The van der Waals surface area contributed by atoms with Crippen LogP contribution >= 0.6 is 11.6 Å². The highest BCUT2D eigenvalue weighted by molar-refractivity contribution is 6.30. The molecular weight excluding hydrogens is 294 g/mol. The second kappa shape index (κ2) is 8.34. The van der Waals surface area contributed by atoms with Crippen LogP contribution in [0.1, 0.15) is 11.7 Å². The summed E-state index contributed by atoms with van der Waals surface area (Å²) in [6.07, 6.45) is -0.112. The fourth-order valence-electron chi connectivity index (χ4n) is 2.15. The van der Waals surface area contributed by atoms with Crippen LogP contribution in [-0.4, -0.2) is 57.4 Å². The molecule has 0 N–H and O–H groups in total. The van der Waals surface area contributed by atoms with Crippen molar-refractivity contribution in [2.24, 2.45) is 0 Å². The number of halogens is 1. The van der Waals surface area contributed by atoms with Crippen LogP contribution in [0.4, 0.5) is 0 Å². The van der Waals surface area contributed by atoms with Gasteiger partial charge in [-0.1, -0.05) is 23.7 Å². The first-order chi connectivity index (χ1) is 10.2. The van der Waals surface area contributed by atoms with Gasteiger partial charge in [0.05, 0.1) is 26.4 Å². The fourth-order valence-corrected chi connectivity index (χ4v) is 2.27. The molecule has 1 aliphatic heterocycles. The second-order valence-electron chi connectivity index (χ2n) is 4.80. The van der Waals surface area contributed by atoms with Crippen molar-refractivity contribution in [3.05, 3.63) is 34.9 Å². The summed E-state index contributed by atoms with van der Waals surface area (Å²) < 4.78 is 15.9. The average molecular weight is 314 g/mol. The van der Waals surface area contributed by atoms with Crippen LogP contribution in [0.5, 0.6) is 0 Å². The standard InChI is InChI=1S/C15H20ClNO4/c1-19-8-9-20-11-15(18)17-6-7-21-14(10-17)12-2-4-13(16)5-3-12/h2-5,14H,6-11H2,1H3/t14-/m0/s1. The topological polar surface area (TPSA) is 48.0 Å². The molecule has 1 atom stereocenters. The Kier molecular flexibility index (Phi) is 6.45. The molecule has 1 aliphatic rings. The molecule has 6 heteroatoms. The normalized spacial score (nSPS) is 18.8. The molecule has 1 aromatic carbocycles. The summed E-state index contributed by atoms with van der Waals surface area (Å²) in [6, 6.07) is 7.51. The van der Waals surface area contributed by atoms with Gasteiger partial charge < -0.3 is 19.1 Å². The molecule has 1 heterocycles. The predicted molar refractivity (Wildman–Crippen MR) is 79.4 cm³/mol. The first-order valence-electron chi connectivity index (χ1n) is 6.92. The number of carbonyl (C=O) groups excluding carboxylic acids is 1. The van der Waals surface area contributed by atoms with Crippen LogP contribution < -0.4 is 0 Å². The number of rotatable bonds is 6. The Bertz CT molecular complexity index is 451. The Hall–Kier alpha value is -1.14. The van der Waals surface area contributed by atoms with E-state index in [0.29, 0.717) is 37.9 Å². The quantitative estimate of drug-likeness (QED) is 0.753. The highest BCUT2D eigenvalue weighted by Gasteiger charge is 2.25. The third-order valence-electron chi connectivity index (χ3n) is 3.32. The van der Waals surface area contributed by atoms with Gasteiger partial charge in [0.15, 0.2) is 0 Å². The Morgan fingerprint density at radius 1 is 1.38 bits per heavy atom. The Balaban J connectivity index is 1.85. The maximum absolute atomic E-state index is 12.1. The fraction of sp³-hybridized carbons (Fsp3) is 0.533.